The molecule has 0 radical (unpaired) electrons. The lowest BCUT2D eigenvalue weighted by molar-refractivity contribution is 0.0663. The van der Waals surface area contributed by atoms with Crippen molar-refractivity contribution in [3.05, 3.63) is 65.2 Å². The third kappa shape index (κ3) is 5.76. The van der Waals surface area contributed by atoms with Gasteiger partial charge in [0.05, 0.1) is 6.61 Å². The molecule has 0 aliphatic heterocycles. The van der Waals surface area contributed by atoms with Gasteiger partial charge in [-0.25, -0.2) is 8.78 Å². The summed E-state index contributed by atoms with van der Waals surface area (Å²) < 4.78 is 32.2. The van der Waals surface area contributed by atoms with E-state index < -0.39 is 11.6 Å². The Morgan fingerprint density at radius 2 is 1.82 bits per heavy atom. The predicted molar refractivity (Wildman–Crippen MR) is 102 cm³/mol. The van der Waals surface area contributed by atoms with E-state index in [0.717, 1.165) is 37.3 Å². The Morgan fingerprint density at radius 1 is 1.07 bits per heavy atom. The van der Waals surface area contributed by atoms with Crippen molar-refractivity contribution in [2.24, 2.45) is 11.8 Å². The first-order valence-corrected chi connectivity index (χ1v) is 9.60. The summed E-state index contributed by atoms with van der Waals surface area (Å²) in [6.07, 6.45) is 4.05. The van der Waals surface area contributed by atoms with Crippen molar-refractivity contribution in [3.8, 4) is 5.75 Å². The van der Waals surface area contributed by atoms with E-state index in [2.05, 4.69) is 5.32 Å². The molecule has 1 aliphatic rings. The average Bonchev–Trinajstić information content (AvgIpc) is 2.69. The molecule has 1 aliphatic carbocycles. The fourth-order valence-corrected chi connectivity index (χ4v) is 3.56. The number of aromatic hydroxyl groups is 1. The Bertz CT molecular complexity index is 804. The van der Waals surface area contributed by atoms with Crippen LogP contribution in [0.4, 0.5) is 8.78 Å². The van der Waals surface area contributed by atoms with E-state index in [4.69, 9.17) is 4.74 Å². The molecule has 2 aromatic carbocycles. The molecule has 6 heteroatoms. The van der Waals surface area contributed by atoms with Gasteiger partial charge >= 0.3 is 0 Å². The third-order valence-electron chi connectivity index (χ3n) is 5.24. The van der Waals surface area contributed by atoms with Gasteiger partial charge in [-0.15, -0.1) is 0 Å². The van der Waals surface area contributed by atoms with Crippen LogP contribution in [-0.2, 0) is 11.3 Å². The molecular weight excluding hydrogens is 364 g/mol. The highest BCUT2D eigenvalue weighted by Crippen LogP contribution is 2.29. The van der Waals surface area contributed by atoms with Gasteiger partial charge in [0, 0.05) is 18.7 Å². The van der Waals surface area contributed by atoms with Crippen molar-refractivity contribution < 1.29 is 23.4 Å². The van der Waals surface area contributed by atoms with E-state index in [1.54, 1.807) is 6.07 Å². The molecular formula is C22H25F2NO3. The number of amides is 1. The molecule has 150 valence electrons. The SMILES string of the molecule is O=C(NC[C@H]1CC[C@@H](COCc2cccc(F)c2)CC1)c1ccc(O)c(F)c1. The van der Waals surface area contributed by atoms with Crippen LogP contribution in [0, 0.1) is 23.5 Å². The highest BCUT2D eigenvalue weighted by molar-refractivity contribution is 5.94. The van der Waals surface area contributed by atoms with Gasteiger partial charge in [-0.05, 0) is 73.4 Å². The van der Waals surface area contributed by atoms with E-state index in [1.165, 1.54) is 24.3 Å². The van der Waals surface area contributed by atoms with Crippen LogP contribution >= 0.6 is 0 Å². The van der Waals surface area contributed by atoms with Crippen LogP contribution in [0.25, 0.3) is 0 Å². The first kappa shape index (κ1) is 20.3. The number of phenols is 1. The standard InChI is InChI=1S/C22H25F2NO3/c23-19-3-1-2-17(10-19)14-28-13-16-6-4-15(5-7-16)12-25-22(27)18-8-9-21(26)20(24)11-18/h1-3,8-11,15-16,26H,4-7,12-14H2,(H,25,27)/t15-,16+. The number of hydrogen-bond acceptors (Lipinski definition) is 3. The zero-order valence-corrected chi connectivity index (χ0v) is 15.7. The van der Waals surface area contributed by atoms with Crippen molar-refractivity contribution in [2.75, 3.05) is 13.2 Å². The highest BCUT2D eigenvalue weighted by Gasteiger charge is 2.22. The number of rotatable bonds is 7. The second-order valence-electron chi connectivity index (χ2n) is 7.41. The fraction of sp³-hybridized carbons (Fsp3) is 0.409. The first-order valence-electron chi connectivity index (χ1n) is 9.60. The Labute approximate surface area is 163 Å². The van der Waals surface area contributed by atoms with Crippen molar-refractivity contribution in [2.45, 2.75) is 32.3 Å². The normalized spacial score (nSPS) is 19.4. The van der Waals surface area contributed by atoms with Crippen LogP contribution in [0.15, 0.2) is 42.5 Å². The van der Waals surface area contributed by atoms with Gasteiger partial charge in [0.25, 0.3) is 5.91 Å². The van der Waals surface area contributed by atoms with Crippen LogP contribution in [0.5, 0.6) is 5.75 Å². The summed E-state index contributed by atoms with van der Waals surface area (Å²) in [5.41, 5.74) is 1.04. The molecule has 1 fully saturated rings. The Kier molecular flexibility index (Phi) is 6.98. The number of halogens is 2. The number of nitrogens with one attached hydrogen (secondary N) is 1. The number of hydrogen-bond donors (Lipinski definition) is 2. The van der Waals surface area contributed by atoms with Crippen LogP contribution in [0.3, 0.4) is 0 Å². The topological polar surface area (TPSA) is 58.6 Å². The third-order valence-corrected chi connectivity index (χ3v) is 5.24. The highest BCUT2D eigenvalue weighted by atomic mass is 19.1. The lowest BCUT2D eigenvalue weighted by Crippen LogP contribution is -2.31. The maximum atomic E-state index is 13.3. The molecule has 0 saturated heterocycles. The minimum atomic E-state index is -0.800. The smallest absolute Gasteiger partial charge is 0.251 e. The van der Waals surface area contributed by atoms with E-state index >= 15 is 0 Å². The molecule has 1 saturated carbocycles. The maximum Gasteiger partial charge on any atom is 0.251 e. The largest absolute Gasteiger partial charge is 0.505 e. The number of phenolic OH excluding ortho intramolecular Hbond substituents is 1. The number of carbonyl (C=O) groups excluding carboxylic acids is 1. The molecule has 1 amide bonds. The maximum absolute atomic E-state index is 13.3. The summed E-state index contributed by atoms with van der Waals surface area (Å²) in [6.45, 7) is 1.62. The van der Waals surface area contributed by atoms with Crippen molar-refractivity contribution >= 4 is 5.91 Å². The summed E-state index contributed by atoms with van der Waals surface area (Å²) in [6, 6.07) is 10.1. The Hall–Kier alpha value is -2.47. The Morgan fingerprint density at radius 3 is 2.54 bits per heavy atom. The van der Waals surface area contributed by atoms with Crippen LogP contribution in [0.1, 0.15) is 41.6 Å². The van der Waals surface area contributed by atoms with Gasteiger partial charge in [-0.1, -0.05) is 12.1 Å². The number of benzene rings is 2. The molecule has 28 heavy (non-hydrogen) atoms. The van der Waals surface area contributed by atoms with Crippen molar-refractivity contribution in [1.82, 2.24) is 5.32 Å². The summed E-state index contributed by atoms with van der Waals surface area (Å²) in [4.78, 5) is 12.1. The number of carbonyl (C=O) groups is 1. The number of ether oxygens (including phenoxy) is 1. The zero-order chi connectivity index (χ0) is 19.9. The zero-order valence-electron chi connectivity index (χ0n) is 15.7. The molecule has 4 nitrogen and oxygen atoms in total. The van der Waals surface area contributed by atoms with Gasteiger partial charge in [-0.3, -0.25) is 4.79 Å². The molecule has 0 aromatic heterocycles. The van der Waals surface area contributed by atoms with Gasteiger partial charge in [0.1, 0.15) is 5.82 Å². The first-order chi connectivity index (χ1) is 13.5. The quantitative estimate of drug-likeness (QED) is 0.737. The van der Waals surface area contributed by atoms with Gasteiger partial charge in [-0.2, -0.15) is 0 Å². The molecule has 0 unspecified atom stereocenters. The van der Waals surface area contributed by atoms with Gasteiger partial charge in [0.15, 0.2) is 11.6 Å². The fourth-order valence-electron chi connectivity index (χ4n) is 3.56. The van der Waals surface area contributed by atoms with Gasteiger partial charge in [0.2, 0.25) is 0 Å². The molecule has 2 N–H and O–H groups in total. The summed E-state index contributed by atoms with van der Waals surface area (Å²) in [7, 11) is 0. The Balaban J connectivity index is 1.34. The molecule has 0 spiro atoms. The lowest BCUT2D eigenvalue weighted by Gasteiger charge is -2.28. The predicted octanol–water partition coefficient (Wildman–Crippen LogP) is 4.42. The minimum absolute atomic E-state index is 0.203. The molecule has 3 rings (SSSR count). The van der Waals surface area contributed by atoms with Crippen molar-refractivity contribution in [1.29, 1.82) is 0 Å². The van der Waals surface area contributed by atoms with E-state index in [1.807, 2.05) is 6.07 Å². The van der Waals surface area contributed by atoms with E-state index in [9.17, 15) is 18.7 Å². The summed E-state index contributed by atoms with van der Waals surface area (Å²) >= 11 is 0. The minimum Gasteiger partial charge on any atom is -0.505 e. The lowest BCUT2D eigenvalue weighted by atomic mass is 9.82. The summed E-state index contributed by atoms with van der Waals surface area (Å²) in [5.74, 6) is -0.976. The van der Waals surface area contributed by atoms with E-state index in [0.29, 0.717) is 31.6 Å². The molecule has 2 aromatic rings. The summed E-state index contributed by atoms with van der Waals surface area (Å²) in [5, 5.41) is 12.0. The second-order valence-corrected chi connectivity index (χ2v) is 7.41. The van der Waals surface area contributed by atoms with Crippen LogP contribution in [0.2, 0.25) is 0 Å². The van der Waals surface area contributed by atoms with Crippen molar-refractivity contribution in [3.63, 3.8) is 0 Å². The van der Waals surface area contributed by atoms with E-state index in [-0.39, 0.29) is 17.3 Å². The second kappa shape index (κ2) is 9.64. The molecule has 0 bridgehead atoms. The monoisotopic (exact) mass is 389 g/mol. The van der Waals surface area contributed by atoms with Gasteiger partial charge < -0.3 is 15.2 Å². The van der Waals surface area contributed by atoms with Crippen LogP contribution < -0.4 is 5.32 Å². The van der Waals surface area contributed by atoms with Crippen LogP contribution in [-0.4, -0.2) is 24.2 Å². The molecule has 0 heterocycles. The molecule has 0 atom stereocenters. The average molecular weight is 389 g/mol.